The quantitative estimate of drug-likeness (QED) is 0.658. The number of benzene rings is 1. The zero-order chi connectivity index (χ0) is 13.4. The lowest BCUT2D eigenvalue weighted by Crippen LogP contribution is -1.90. The molecule has 0 N–H and O–H groups in total. The number of aromatic nitrogens is 2. The van der Waals surface area contributed by atoms with Gasteiger partial charge in [-0.2, -0.15) is 0 Å². The summed E-state index contributed by atoms with van der Waals surface area (Å²) in [4.78, 5) is 15.4. The Kier molecular flexibility index (Phi) is 2.63. The van der Waals surface area contributed by atoms with Crippen LogP contribution in [0.5, 0.6) is 0 Å². The topological polar surface area (TPSA) is 34.4 Å². The standard InChI is InChI=1S/C15H11FN2O/c1-10-5-6-18-14(7-10)13(9-19)17-15(18)11-3-2-4-12(16)8-11/h2-9H,1H3. The van der Waals surface area contributed by atoms with Gasteiger partial charge in [0, 0.05) is 11.8 Å². The van der Waals surface area contributed by atoms with E-state index in [1.54, 1.807) is 16.5 Å². The molecular weight excluding hydrogens is 243 g/mol. The molecule has 4 heteroatoms. The van der Waals surface area contributed by atoms with E-state index in [9.17, 15) is 9.18 Å². The molecule has 0 atom stereocenters. The van der Waals surface area contributed by atoms with E-state index >= 15 is 0 Å². The summed E-state index contributed by atoms with van der Waals surface area (Å²) in [7, 11) is 0. The van der Waals surface area contributed by atoms with Crippen molar-refractivity contribution < 1.29 is 9.18 Å². The van der Waals surface area contributed by atoms with E-state index in [1.807, 2.05) is 25.3 Å². The first-order valence-corrected chi connectivity index (χ1v) is 5.89. The lowest BCUT2D eigenvalue weighted by atomic mass is 10.2. The minimum Gasteiger partial charge on any atom is -0.299 e. The van der Waals surface area contributed by atoms with E-state index in [0.29, 0.717) is 17.1 Å². The van der Waals surface area contributed by atoms with Crippen molar-refractivity contribution in [2.24, 2.45) is 0 Å². The number of carbonyl (C=O) groups is 1. The highest BCUT2D eigenvalue weighted by atomic mass is 19.1. The molecule has 3 nitrogen and oxygen atoms in total. The summed E-state index contributed by atoms with van der Waals surface area (Å²) in [6.45, 7) is 1.95. The summed E-state index contributed by atoms with van der Waals surface area (Å²) in [5.41, 5.74) is 2.78. The van der Waals surface area contributed by atoms with Crippen molar-refractivity contribution in [2.75, 3.05) is 0 Å². The van der Waals surface area contributed by atoms with Crippen molar-refractivity contribution in [2.45, 2.75) is 6.92 Å². The Hall–Kier alpha value is -2.49. The second-order valence-electron chi connectivity index (χ2n) is 4.41. The third-order valence-electron chi connectivity index (χ3n) is 3.02. The highest BCUT2D eigenvalue weighted by molar-refractivity contribution is 5.86. The number of aryl methyl sites for hydroxylation is 1. The van der Waals surface area contributed by atoms with Gasteiger partial charge in [0.15, 0.2) is 6.29 Å². The van der Waals surface area contributed by atoms with Crippen LogP contribution in [0, 0.1) is 12.7 Å². The van der Waals surface area contributed by atoms with Gasteiger partial charge in [0.25, 0.3) is 0 Å². The van der Waals surface area contributed by atoms with Crippen LogP contribution in [-0.2, 0) is 0 Å². The minimum absolute atomic E-state index is 0.325. The molecule has 2 aromatic heterocycles. The third-order valence-corrected chi connectivity index (χ3v) is 3.02. The molecule has 0 radical (unpaired) electrons. The van der Waals surface area contributed by atoms with Gasteiger partial charge in [-0.25, -0.2) is 9.37 Å². The van der Waals surface area contributed by atoms with Crippen LogP contribution in [0.3, 0.4) is 0 Å². The van der Waals surface area contributed by atoms with Crippen molar-refractivity contribution in [3.8, 4) is 11.4 Å². The van der Waals surface area contributed by atoms with Crippen LogP contribution >= 0.6 is 0 Å². The van der Waals surface area contributed by atoms with Crippen molar-refractivity contribution in [1.29, 1.82) is 0 Å². The fourth-order valence-electron chi connectivity index (χ4n) is 2.13. The first-order chi connectivity index (χ1) is 9.19. The number of carbonyl (C=O) groups excluding carboxylic acids is 1. The number of nitrogens with zero attached hydrogens (tertiary/aromatic N) is 2. The van der Waals surface area contributed by atoms with E-state index in [2.05, 4.69) is 4.98 Å². The first-order valence-electron chi connectivity index (χ1n) is 5.89. The van der Waals surface area contributed by atoms with Gasteiger partial charge in [-0.1, -0.05) is 12.1 Å². The molecular formula is C15H11FN2O. The van der Waals surface area contributed by atoms with Crippen molar-refractivity contribution in [3.05, 3.63) is 59.7 Å². The van der Waals surface area contributed by atoms with Crippen LogP contribution < -0.4 is 0 Å². The van der Waals surface area contributed by atoms with E-state index in [4.69, 9.17) is 0 Å². The molecule has 0 fully saturated rings. The molecule has 0 spiro atoms. The Morgan fingerprint density at radius 3 is 2.84 bits per heavy atom. The molecule has 2 heterocycles. The van der Waals surface area contributed by atoms with E-state index in [-0.39, 0.29) is 5.82 Å². The number of hydrogen-bond donors (Lipinski definition) is 0. The van der Waals surface area contributed by atoms with Crippen LogP contribution in [0.4, 0.5) is 4.39 Å². The predicted molar refractivity (Wildman–Crippen MR) is 70.7 cm³/mol. The molecule has 0 bridgehead atoms. The van der Waals surface area contributed by atoms with Crippen molar-refractivity contribution in [1.82, 2.24) is 9.38 Å². The van der Waals surface area contributed by atoms with Crippen LogP contribution in [0.1, 0.15) is 16.1 Å². The Morgan fingerprint density at radius 1 is 1.26 bits per heavy atom. The average molecular weight is 254 g/mol. The van der Waals surface area contributed by atoms with E-state index in [0.717, 1.165) is 17.4 Å². The van der Waals surface area contributed by atoms with Gasteiger partial charge >= 0.3 is 0 Å². The second kappa shape index (κ2) is 4.31. The van der Waals surface area contributed by atoms with E-state index in [1.165, 1.54) is 12.1 Å². The van der Waals surface area contributed by atoms with Gasteiger partial charge in [0.2, 0.25) is 0 Å². The van der Waals surface area contributed by atoms with Gasteiger partial charge in [-0.15, -0.1) is 0 Å². The zero-order valence-electron chi connectivity index (χ0n) is 10.3. The molecule has 0 saturated carbocycles. The molecule has 1 aromatic carbocycles. The SMILES string of the molecule is Cc1ccn2c(-c3cccc(F)c3)nc(C=O)c2c1. The molecule has 0 amide bonds. The number of fused-ring (bicyclic) bond motifs is 1. The molecule has 0 unspecified atom stereocenters. The Bertz CT molecular complexity index is 777. The van der Waals surface area contributed by atoms with Gasteiger partial charge in [0.1, 0.15) is 17.3 Å². The first kappa shape index (κ1) is 11.6. The maximum Gasteiger partial charge on any atom is 0.170 e. The van der Waals surface area contributed by atoms with Crippen molar-refractivity contribution >= 4 is 11.8 Å². The summed E-state index contributed by atoms with van der Waals surface area (Å²) >= 11 is 0. The number of hydrogen-bond acceptors (Lipinski definition) is 2. The predicted octanol–water partition coefficient (Wildman–Crippen LogP) is 3.26. The molecule has 3 rings (SSSR count). The number of halogens is 1. The monoisotopic (exact) mass is 254 g/mol. The molecule has 94 valence electrons. The minimum atomic E-state index is -0.325. The van der Waals surface area contributed by atoms with Crippen LogP contribution in [-0.4, -0.2) is 15.7 Å². The zero-order valence-corrected chi connectivity index (χ0v) is 10.3. The van der Waals surface area contributed by atoms with Crippen molar-refractivity contribution in [3.63, 3.8) is 0 Å². The lowest BCUT2D eigenvalue weighted by Gasteiger charge is -2.02. The number of imidazole rings is 1. The van der Waals surface area contributed by atoms with Gasteiger partial charge in [-0.05, 0) is 36.8 Å². The molecule has 0 aliphatic carbocycles. The summed E-state index contributed by atoms with van der Waals surface area (Å²) in [5.74, 6) is 0.241. The van der Waals surface area contributed by atoms with Gasteiger partial charge in [0.05, 0.1) is 5.52 Å². The second-order valence-corrected chi connectivity index (χ2v) is 4.41. The Labute approximate surface area is 109 Å². The number of aldehydes is 1. The largest absolute Gasteiger partial charge is 0.299 e. The van der Waals surface area contributed by atoms with Gasteiger partial charge in [-0.3, -0.25) is 9.20 Å². The molecule has 0 saturated heterocycles. The highest BCUT2D eigenvalue weighted by Gasteiger charge is 2.12. The summed E-state index contributed by atoms with van der Waals surface area (Å²) in [6, 6.07) is 9.99. The van der Waals surface area contributed by atoms with Crippen LogP contribution in [0.25, 0.3) is 16.9 Å². The van der Waals surface area contributed by atoms with Crippen LogP contribution in [0.15, 0.2) is 42.6 Å². The molecule has 19 heavy (non-hydrogen) atoms. The number of pyridine rings is 1. The number of rotatable bonds is 2. The normalized spacial score (nSPS) is 10.8. The maximum atomic E-state index is 13.3. The Balaban J connectivity index is 2.33. The van der Waals surface area contributed by atoms with Crippen LogP contribution in [0.2, 0.25) is 0 Å². The average Bonchev–Trinajstić information content (AvgIpc) is 2.76. The fraction of sp³-hybridized carbons (Fsp3) is 0.0667. The fourth-order valence-corrected chi connectivity index (χ4v) is 2.13. The highest BCUT2D eigenvalue weighted by Crippen LogP contribution is 2.23. The molecule has 0 aliphatic rings. The molecule has 3 aromatic rings. The van der Waals surface area contributed by atoms with Gasteiger partial charge < -0.3 is 0 Å². The summed E-state index contributed by atoms with van der Waals surface area (Å²) in [6.07, 6.45) is 2.56. The third kappa shape index (κ3) is 1.91. The summed E-state index contributed by atoms with van der Waals surface area (Å²) < 4.78 is 15.1. The Morgan fingerprint density at radius 2 is 2.11 bits per heavy atom. The maximum absolute atomic E-state index is 13.3. The van der Waals surface area contributed by atoms with E-state index < -0.39 is 0 Å². The smallest absolute Gasteiger partial charge is 0.170 e. The lowest BCUT2D eigenvalue weighted by molar-refractivity contribution is 0.112. The summed E-state index contributed by atoms with van der Waals surface area (Å²) in [5, 5.41) is 0. The molecule has 0 aliphatic heterocycles.